The van der Waals surface area contributed by atoms with Gasteiger partial charge in [0.05, 0.1) is 12.1 Å². The number of hydrogen-bond acceptors (Lipinski definition) is 4. The topological polar surface area (TPSA) is 54.9 Å². The van der Waals surface area contributed by atoms with Gasteiger partial charge >= 0.3 is 0 Å². The van der Waals surface area contributed by atoms with Crippen LogP contribution >= 0.6 is 11.3 Å². The number of carbonyl (C=O) groups is 1. The second kappa shape index (κ2) is 7.36. The van der Waals surface area contributed by atoms with Gasteiger partial charge in [0.2, 0.25) is 5.91 Å². The number of anilines is 1. The number of aromatic nitrogens is 2. The Kier molecular flexibility index (Phi) is 5.01. The number of nitrogens with zero attached hydrogens (tertiary/aromatic N) is 2. The van der Waals surface area contributed by atoms with Crippen molar-refractivity contribution >= 4 is 23.1 Å². The van der Waals surface area contributed by atoms with Gasteiger partial charge in [-0.25, -0.2) is 9.97 Å². The second-order valence-electron chi connectivity index (χ2n) is 5.58. The standard InChI is InChI=1S/C19H19N3OS/c1-3-14-7-9-15(10-8-14)19-21-16(12-24-19)11-18(23)22-17-6-4-5-13(2)20-17/h4-10,12H,3,11H2,1-2H3,(H,20,22,23). The third kappa shape index (κ3) is 4.06. The Morgan fingerprint density at radius 3 is 2.62 bits per heavy atom. The maximum atomic E-state index is 12.1. The molecule has 0 atom stereocenters. The molecule has 0 aliphatic heterocycles. The fraction of sp³-hybridized carbons (Fsp3) is 0.211. The first kappa shape index (κ1) is 16.3. The third-order valence-electron chi connectivity index (χ3n) is 3.66. The van der Waals surface area contributed by atoms with E-state index in [-0.39, 0.29) is 12.3 Å². The number of rotatable bonds is 5. The van der Waals surface area contributed by atoms with Crippen molar-refractivity contribution in [2.45, 2.75) is 26.7 Å². The fourth-order valence-corrected chi connectivity index (χ4v) is 3.19. The third-order valence-corrected chi connectivity index (χ3v) is 4.60. The number of amides is 1. The summed E-state index contributed by atoms with van der Waals surface area (Å²) >= 11 is 1.56. The molecule has 2 aromatic heterocycles. The summed E-state index contributed by atoms with van der Waals surface area (Å²) in [5.74, 6) is 0.469. The molecule has 1 aromatic carbocycles. The van der Waals surface area contributed by atoms with Gasteiger partial charge in [0.1, 0.15) is 10.8 Å². The first-order valence-electron chi connectivity index (χ1n) is 7.91. The average molecular weight is 337 g/mol. The summed E-state index contributed by atoms with van der Waals surface area (Å²) in [4.78, 5) is 21.0. The zero-order valence-corrected chi connectivity index (χ0v) is 14.6. The molecule has 0 unspecified atom stereocenters. The molecule has 3 aromatic rings. The molecule has 0 spiro atoms. The first-order chi connectivity index (χ1) is 11.6. The number of thiazole rings is 1. The van der Waals surface area contributed by atoms with Crippen molar-refractivity contribution in [3.63, 3.8) is 0 Å². The highest BCUT2D eigenvalue weighted by atomic mass is 32.1. The summed E-state index contributed by atoms with van der Waals surface area (Å²) in [5, 5.41) is 5.69. The van der Waals surface area contributed by atoms with Crippen LogP contribution < -0.4 is 5.32 Å². The maximum absolute atomic E-state index is 12.1. The van der Waals surface area contributed by atoms with E-state index >= 15 is 0 Å². The molecule has 0 aliphatic rings. The van der Waals surface area contributed by atoms with Crippen LogP contribution in [-0.2, 0) is 17.6 Å². The van der Waals surface area contributed by atoms with Crippen molar-refractivity contribution in [1.82, 2.24) is 9.97 Å². The monoisotopic (exact) mass is 337 g/mol. The van der Waals surface area contributed by atoms with Crippen molar-refractivity contribution in [2.75, 3.05) is 5.32 Å². The lowest BCUT2D eigenvalue weighted by Gasteiger charge is -2.03. The fourth-order valence-electron chi connectivity index (χ4n) is 2.37. The smallest absolute Gasteiger partial charge is 0.231 e. The summed E-state index contributed by atoms with van der Waals surface area (Å²) in [5.41, 5.74) is 4.05. The number of hydrogen-bond donors (Lipinski definition) is 1. The molecule has 1 N–H and O–H groups in total. The van der Waals surface area contributed by atoms with Gasteiger partial charge < -0.3 is 5.32 Å². The Hall–Kier alpha value is -2.53. The van der Waals surface area contributed by atoms with Gasteiger partial charge in [-0.1, -0.05) is 37.3 Å². The predicted molar refractivity (Wildman–Crippen MR) is 98.2 cm³/mol. The highest BCUT2D eigenvalue weighted by molar-refractivity contribution is 7.13. The minimum absolute atomic E-state index is 0.105. The molecular formula is C19H19N3OS. The molecule has 2 heterocycles. The van der Waals surface area contributed by atoms with E-state index in [0.29, 0.717) is 5.82 Å². The largest absolute Gasteiger partial charge is 0.310 e. The summed E-state index contributed by atoms with van der Waals surface area (Å²) in [7, 11) is 0. The van der Waals surface area contributed by atoms with E-state index in [1.165, 1.54) is 5.56 Å². The van der Waals surface area contributed by atoms with E-state index in [1.807, 2.05) is 24.4 Å². The normalized spacial score (nSPS) is 10.6. The molecule has 4 nitrogen and oxygen atoms in total. The Labute approximate surface area is 145 Å². The molecule has 1 amide bonds. The van der Waals surface area contributed by atoms with Crippen LogP contribution in [0, 0.1) is 6.92 Å². The zero-order valence-electron chi connectivity index (χ0n) is 13.7. The van der Waals surface area contributed by atoms with Crippen LogP contribution in [0.4, 0.5) is 5.82 Å². The molecule has 0 radical (unpaired) electrons. The Balaban J connectivity index is 1.65. The van der Waals surface area contributed by atoms with E-state index in [4.69, 9.17) is 0 Å². The maximum Gasteiger partial charge on any atom is 0.231 e. The van der Waals surface area contributed by atoms with Crippen LogP contribution in [0.1, 0.15) is 23.9 Å². The molecule has 122 valence electrons. The molecular weight excluding hydrogens is 318 g/mol. The van der Waals surface area contributed by atoms with E-state index in [2.05, 4.69) is 46.5 Å². The van der Waals surface area contributed by atoms with Gasteiger partial charge in [-0.15, -0.1) is 11.3 Å². The van der Waals surface area contributed by atoms with Gasteiger partial charge in [-0.05, 0) is 31.0 Å². The van der Waals surface area contributed by atoms with Gasteiger partial charge in [-0.2, -0.15) is 0 Å². The van der Waals surface area contributed by atoms with Gasteiger partial charge in [0.15, 0.2) is 0 Å². The van der Waals surface area contributed by atoms with Crippen molar-refractivity contribution < 1.29 is 4.79 Å². The van der Waals surface area contributed by atoms with Crippen molar-refractivity contribution in [1.29, 1.82) is 0 Å². The molecule has 5 heteroatoms. The van der Waals surface area contributed by atoms with E-state index < -0.39 is 0 Å². The number of benzene rings is 1. The van der Waals surface area contributed by atoms with E-state index in [9.17, 15) is 4.79 Å². The Bertz CT molecular complexity index is 840. The minimum atomic E-state index is -0.105. The summed E-state index contributed by atoms with van der Waals surface area (Å²) < 4.78 is 0. The lowest BCUT2D eigenvalue weighted by atomic mass is 10.1. The Morgan fingerprint density at radius 2 is 1.92 bits per heavy atom. The van der Waals surface area contributed by atoms with Crippen LogP contribution in [0.15, 0.2) is 47.8 Å². The minimum Gasteiger partial charge on any atom is -0.310 e. The van der Waals surface area contributed by atoms with Crippen LogP contribution in [-0.4, -0.2) is 15.9 Å². The van der Waals surface area contributed by atoms with Crippen LogP contribution in [0.25, 0.3) is 10.6 Å². The highest BCUT2D eigenvalue weighted by Crippen LogP contribution is 2.24. The number of carbonyl (C=O) groups excluding carboxylic acids is 1. The first-order valence-corrected chi connectivity index (χ1v) is 8.79. The number of nitrogens with one attached hydrogen (secondary N) is 1. The van der Waals surface area contributed by atoms with Gasteiger partial charge in [0, 0.05) is 16.6 Å². The van der Waals surface area contributed by atoms with Crippen molar-refractivity contribution in [3.05, 3.63) is 64.8 Å². The lowest BCUT2D eigenvalue weighted by molar-refractivity contribution is -0.115. The summed E-state index contributed by atoms with van der Waals surface area (Å²) in [6, 6.07) is 14.0. The van der Waals surface area contributed by atoms with E-state index in [0.717, 1.165) is 28.4 Å². The molecule has 0 saturated heterocycles. The average Bonchev–Trinajstić information content (AvgIpc) is 3.03. The van der Waals surface area contributed by atoms with Gasteiger partial charge in [-0.3, -0.25) is 4.79 Å². The van der Waals surface area contributed by atoms with Crippen LogP contribution in [0.2, 0.25) is 0 Å². The predicted octanol–water partition coefficient (Wildman–Crippen LogP) is 4.26. The van der Waals surface area contributed by atoms with Crippen molar-refractivity contribution in [2.24, 2.45) is 0 Å². The Morgan fingerprint density at radius 1 is 1.12 bits per heavy atom. The zero-order chi connectivity index (χ0) is 16.9. The quantitative estimate of drug-likeness (QED) is 0.757. The summed E-state index contributed by atoms with van der Waals surface area (Å²) in [6.07, 6.45) is 1.27. The molecule has 0 aliphatic carbocycles. The molecule has 0 bridgehead atoms. The number of pyridine rings is 1. The second-order valence-corrected chi connectivity index (χ2v) is 6.44. The lowest BCUT2D eigenvalue weighted by Crippen LogP contribution is -2.15. The highest BCUT2D eigenvalue weighted by Gasteiger charge is 2.10. The SMILES string of the molecule is CCc1ccc(-c2nc(CC(=O)Nc3cccc(C)n3)cs2)cc1. The van der Waals surface area contributed by atoms with Crippen LogP contribution in [0.3, 0.4) is 0 Å². The van der Waals surface area contributed by atoms with Crippen molar-refractivity contribution in [3.8, 4) is 10.6 Å². The molecule has 0 fully saturated rings. The van der Waals surface area contributed by atoms with Gasteiger partial charge in [0.25, 0.3) is 0 Å². The van der Waals surface area contributed by atoms with E-state index in [1.54, 1.807) is 17.4 Å². The molecule has 24 heavy (non-hydrogen) atoms. The van der Waals surface area contributed by atoms with Crippen LogP contribution in [0.5, 0.6) is 0 Å². The molecule has 3 rings (SSSR count). The molecule has 0 saturated carbocycles. The number of aryl methyl sites for hydroxylation is 2. The summed E-state index contributed by atoms with van der Waals surface area (Å²) in [6.45, 7) is 4.03.